The molecule has 1 fully saturated rings. The van der Waals surface area contributed by atoms with Crippen molar-refractivity contribution in [2.75, 3.05) is 6.54 Å². The highest BCUT2D eigenvalue weighted by Crippen LogP contribution is 2.28. The topological polar surface area (TPSA) is 41.5 Å². The quantitative estimate of drug-likeness (QED) is 0.857. The average Bonchev–Trinajstić information content (AvgIpc) is 2.81. The Labute approximate surface area is 108 Å². The van der Waals surface area contributed by atoms with Crippen molar-refractivity contribution < 1.29 is 9.84 Å². The molecule has 3 heteroatoms. The van der Waals surface area contributed by atoms with Crippen molar-refractivity contribution in [2.24, 2.45) is 0 Å². The van der Waals surface area contributed by atoms with Gasteiger partial charge in [-0.05, 0) is 37.3 Å². The molecule has 2 N–H and O–H groups in total. The molecule has 0 aromatic heterocycles. The summed E-state index contributed by atoms with van der Waals surface area (Å²) in [5, 5.41) is 13.1. The third kappa shape index (κ3) is 2.68. The highest BCUT2D eigenvalue weighted by Gasteiger charge is 2.24. The summed E-state index contributed by atoms with van der Waals surface area (Å²) in [6.07, 6.45) is 5.25. The van der Waals surface area contributed by atoms with Gasteiger partial charge in [0.2, 0.25) is 0 Å². The van der Waals surface area contributed by atoms with E-state index in [-0.39, 0.29) is 12.2 Å². The van der Waals surface area contributed by atoms with Gasteiger partial charge >= 0.3 is 0 Å². The zero-order chi connectivity index (χ0) is 12.4. The summed E-state index contributed by atoms with van der Waals surface area (Å²) in [5.41, 5.74) is 1.32. The minimum atomic E-state index is -0.0740. The predicted octanol–water partition coefficient (Wildman–Crippen LogP) is 1.88. The number of hydrogen-bond acceptors (Lipinski definition) is 3. The SMILES string of the molecule is OC1CCC(NCC2Cc3ccccc3O2)CC1. The molecule has 0 bridgehead atoms. The second kappa shape index (κ2) is 5.29. The van der Waals surface area contributed by atoms with E-state index in [0.29, 0.717) is 6.04 Å². The number of fused-ring (bicyclic) bond motifs is 1. The van der Waals surface area contributed by atoms with E-state index in [4.69, 9.17) is 4.74 Å². The van der Waals surface area contributed by atoms with Gasteiger partial charge in [-0.2, -0.15) is 0 Å². The zero-order valence-corrected chi connectivity index (χ0v) is 10.6. The Balaban J connectivity index is 1.46. The zero-order valence-electron chi connectivity index (χ0n) is 10.6. The lowest BCUT2D eigenvalue weighted by Gasteiger charge is -2.27. The first-order chi connectivity index (χ1) is 8.81. The van der Waals surface area contributed by atoms with Gasteiger partial charge in [-0.25, -0.2) is 0 Å². The lowest BCUT2D eigenvalue weighted by atomic mass is 9.93. The molecule has 1 aromatic carbocycles. The third-order valence-electron chi connectivity index (χ3n) is 4.04. The summed E-state index contributed by atoms with van der Waals surface area (Å²) in [5.74, 6) is 1.04. The number of rotatable bonds is 3. The van der Waals surface area contributed by atoms with Crippen LogP contribution in [0.1, 0.15) is 31.2 Å². The Bertz CT molecular complexity index is 374. The van der Waals surface area contributed by atoms with Crippen LogP contribution in [0.3, 0.4) is 0 Å². The summed E-state index contributed by atoms with van der Waals surface area (Å²) >= 11 is 0. The summed E-state index contributed by atoms with van der Waals surface area (Å²) in [6, 6.07) is 8.84. The van der Waals surface area contributed by atoms with E-state index in [9.17, 15) is 5.11 Å². The van der Waals surface area contributed by atoms with Crippen LogP contribution in [0.2, 0.25) is 0 Å². The number of ether oxygens (including phenoxy) is 1. The second-order valence-electron chi connectivity index (χ2n) is 5.47. The molecule has 3 rings (SSSR count). The maximum Gasteiger partial charge on any atom is 0.123 e. The van der Waals surface area contributed by atoms with E-state index in [1.165, 1.54) is 5.56 Å². The van der Waals surface area contributed by atoms with Crippen molar-refractivity contribution in [3.05, 3.63) is 29.8 Å². The summed E-state index contributed by atoms with van der Waals surface area (Å²) in [4.78, 5) is 0. The molecule has 3 nitrogen and oxygen atoms in total. The van der Waals surface area contributed by atoms with Gasteiger partial charge in [-0.15, -0.1) is 0 Å². The number of aliphatic hydroxyl groups is 1. The first kappa shape index (κ1) is 12.0. The van der Waals surface area contributed by atoms with Gasteiger partial charge in [0.25, 0.3) is 0 Å². The Kier molecular flexibility index (Phi) is 3.52. The van der Waals surface area contributed by atoms with Crippen LogP contribution in [-0.2, 0) is 6.42 Å². The highest BCUT2D eigenvalue weighted by atomic mass is 16.5. The molecule has 0 radical (unpaired) electrons. The van der Waals surface area contributed by atoms with Crippen LogP contribution < -0.4 is 10.1 Å². The van der Waals surface area contributed by atoms with Gasteiger partial charge in [0.1, 0.15) is 11.9 Å². The molecule has 1 heterocycles. The predicted molar refractivity (Wildman–Crippen MR) is 70.8 cm³/mol. The second-order valence-corrected chi connectivity index (χ2v) is 5.47. The Hall–Kier alpha value is -1.06. The minimum absolute atomic E-state index is 0.0740. The molecule has 18 heavy (non-hydrogen) atoms. The number of para-hydroxylation sites is 1. The molecule has 1 saturated carbocycles. The van der Waals surface area contributed by atoms with Crippen molar-refractivity contribution in [2.45, 2.75) is 50.4 Å². The van der Waals surface area contributed by atoms with Gasteiger partial charge in [0.05, 0.1) is 6.10 Å². The maximum absolute atomic E-state index is 9.47. The van der Waals surface area contributed by atoms with Crippen LogP contribution >= 0.6 is 0 Å². The number of benzene rings is 1. The molecule has 0 saturated heterocycles. The van der Waals surface area contributed by atoms with E-state index < -0.39 is 0 Å². The van der Waals surface area contributed by atoms with Crippen LogP contribution in [0.5, 0.6) is 5.75 Å². The number of hydrogen-bond donors (Lipinski definition) is 2. The van der Waals surface area contributed by atoms with Crippen molar-refractivity contribution in [1.29, 1.82) is 0 Å². The summed E-state index contributed by atoms with van der Waals surface area (Å²) in [6.45, 7) is 0.912. The fraction of sp³-hybridized carbons (Fsp3) is 0.600. The fourth-order valence-electron chi connectivity index (χ4n) is 2.95. The van der Waals surface area contributed by atoms with Crippen LogP contribution in [0, 0.1) is 0 Å². The number of nitrogens with one attached hydrogen (secondary N) is 1. The molecule has 0 spiro atoms. The molecule has 1 aliphatic heterocycles. The molecule has 2 aliphatic rings. The fourth-order valence-corrected chi connectivity index (χ4v) is 2.95. The van der Waals surface area contributed by atoms with Crippen molar-refractivity contribution in [3.8, 4) is 5.75 Å². The van der Waals surface area contributed by atoms with Gasteiger partial charge < -0.3 is 15.2 Å². The standard InChI is InChI=1S/C15H21NO2/c17-13-7-5-12(6-8-13)16-10-14-9-11-3-1-2-4-15(11)18-14/h1-4,12-14,16-17H,5-10H2. The van der Waals surface area contributed by atoms with Gasteiger partial charge in [-0.1, -0.05) is 18.2 Å². The highest BCUT2D eigenvalue weighted by molar-refractivity contribution is 5.37. The monoisotopic (exact) mass is 247 g/mol. The van der Waals surface area contributed by atoms with Crippen LogP contribution in [0.4, 0.5) is 0 Å². The van der Waals surface area contributed by atoms with Crippen LogP contribution in [0.15, 0.2) is 24.3 Å². The number of aliphatic hydroxyl groups excluding tert-OH is 1. The molecule has 98 valence electrons. The van der Waals surface area contributed by atoms with E-state index in [2.05, 4.69) is 17.4 Å². The Morgan fingerprint density at radius 2 is 1.94 bits per heavy atom. The van der Waals surface area contributed by atoms with Crippen LogP contribution in [0.25, 0.3) is 0 Å². The lowest BCUT2D eigenvalue weighted by molar-refractivity contribution is 0.113. The van der Waals surface area contributed by atoms with E-state index in [0.717, 1.165) is 44.4 Å². The largest absolute Gasteiger partial charge is 0.488 e. The summed E-state index contributed by atoms with van der Waals surface area (Å²) < 4.78 is 5.91. The van der Waals surface area contributed by atoms with Crippen molar-refractivity contribution >= 4 is 0 Å². The third-order valence-corrected chi connectivity index (χ3v) is 4.04. The normalized spacial score (nSPS) is 30.8. The van der Waals surface area contributed by atoms with E-state index in [1.807, 2.05) is 12.1 Å². The van der Waals surface area contributed by atoms with Crippen LogP contribution in [-0.4, -0.2) is 29.9 Å². The van der Waals surface area contributed by atoms with Gasteiger partial charge in [0, 0.05) is 19.0 Å². The Morgan fingerprint density at radius 3 is 2.72 bits per heavy atom. The lowest BCUT2D eigenvalue weighted by Crippen LogP contribution is -2.40. The maximum atomic E-state index is 9.47. The molecule has 1 unspecified atom stereocenters. The van der Waals surface area contributed by atoms with Gasteiger partial charge in [0.15, 0.2) is 0 Å². The summed E-state index contributed by atoms with van der Waals surface area (Å²) in [7, 11) is 0. The first-order valence-electron chi connectivity index (χ1n) is 6.97. The van der Waals surface area contributed by atoms with Crippen molar-refractivity contribution in [1.82, 2.24) is 5.32 Å². The average molecular weight is 247 g/mol. The van der Waals surface area contributed by atoms with Gasteiger partial charge in [-0.3, -0.25) is 0 Å². The van der Waals surface area contributed by atoms with Crippen molar-refractivity contribution in [3.63, 3.8) is 0 Å². The minimum Gasteiger partial charge on any atom is -0.488 e. The van der Waals surface area contributed by atoms with E-state index in [1.54, 1.807) is 0 Å². The Morgan fingerprint density at radius 1 is 1.17 bits per heavy atom. The smallest absolute Gasteiger partial charge is 0.123 e. The molecule has 0 amide bonds. The molecule has 1 aliphatic carbocycles. The molecular formula is C15H21NO2. The molecular weight excluding hydrogens is 226 g/mol. The first-order valence-corrected chi connectivity index (χ1v) is 6.97. The molecule has 1 atom stereocenters. The van der Waals surface area contributed by atoms with E-state index >= 15 is 0 Å². The molecule has 1 aromatic rings.